The Labute approximate surface area is 143 Å². The number of aromatic nitrogens is 3. The number of likely N-dealkylation sites (tertiary alicyclic amines) is 1. The summed E-state index contributed by atoms with van der Waals surface area (Å²) in [4.78, 5) is 6.57. The van der Waals surface area contributed by atoms with Gasteiger partial charge in [0.1, 0.15) is 5.69 Å². The minimum Gasteiger partial charge on any atom is -0.381 e. The summed E-state index contributed by atoms with van der Waals surface area (Å²) >= 11 is 0. The third-order valence-corrected chi connectivity index (χ3v) is 5.09. The quantitative estimate of drug-likeness (QED) is 0.849. The van der Waals surface area contributed by atoms with Crippen molar-refractivity contribution in [2.45, 2.75) is 38.4 Å². The number of alkyl halides is 3. The fourth-order valence-corrected chi connectivity index (χ4v) is 3.92. The van der Waals surface area contributed by atoms with Crippen molar-refractivity contribution >= 4 is 5.65 Å². The SMILES string of the molecule is Cc1cc(C(F)(F)F)n2nc([C@H]3CCCN3C[C@H]3CCOC3)cc2n1. The molecule has 0 amide bonds. The van der Waals surface area contributed by atoms with Crippen molar-refractivity contribution in [1.29, 1.82) is 0 Å². The van der Waals surface area contributed by atoms with Crippen LogP contribution in [-0.2, 0) is 10.9 Å². The molecule has 0 aliphatic carbocycles. The van der Waals surface area contributed by atoms with E-state index in [2.05, 4.69) is 15.0 Å². The van der Waals surface area contributed by atoms with Gasteiger partial charge in [0.05, 0.1) is 18.3 Å². The van der Waals surface area contributed by atoms with Crippen LogP contribution < -0.4 is 0 Å². The predicted molar refractivity (Wildman–Crippen MR) is 85.2 cm³/mol. The summed E-state index contributed by atoms with van der Waals surface area (Å²) in [5.74, 6) is 0.503. The summed E-state index contributed by atoms with van der Waals surface area (Å²) in [5, 5.41) is 4.29. The Bertz CT molecular complexity index is 767. The van der Waals surface area contributed by atoms with E-state index in [9.17, 15) is 13.2 Å². The summed E-state index contributed by atoms with van der Waals surface area (Å²) in [6.07, 6.45) is -1.46. The molecule has 4 heterocycles. The van der Waals surface area contributed by atoms with Crippen LogP contribution in [0.2, 0.25) is 0 Å². The molecule has 0 saturated carbocycles. The number of halogens is 3. The van der Waals surface area contributed by atoms with Gasteiger partial charge in [-0.3, -0.25) is 4.90 Å². The first-order chi connectivity index (χ1) is 11.9. The largest absolute Gasteiger partial charge is 0.433 e. The highest BCUT2D eigenvalue weighted by molar-refractivity contribution is 5.43. The highest BCUT2D eigenvalue weighted by Gasteiger charge is 2.36. The van der Waals surface area contributed by atoms with Crippen LogP contribution in [0.1, 0.15) is 42.4 Å². The number of aryl methyl sites for hydroxylation is 1. The van der Waals surface area contributed by atoms with Gasteiger partial charge in [-0.2, -0.15) is 18.3 Å². The fraction of sp³-hybridized carbons (Fsp3) is 0.647. The van der Waals surface area contributed by atoms with Crippen molar-refractivity contribution in [2.24, 2.45) is 5.92 Å². The Balaban J connectivity index is 1.66. The van der Waals surface area contributed by atoms with Gasteiger partial charge < -0.3 is 4.74 Å². The number of fused-ring (bicyclic) bond motifs is 1. The molecule has 0 radical (unpaired) electrons. The molecule has 2 aliphatic rings. The van der Waals surface area contributed by atoms with Gasteiger partial charge in [-0.1, -0.05) is 0 Å². The zero-order chi connectivity index (χ0) is 17.6. The number of hydrogen-bond donors (Lipinski definition) is 0. The first-order valence-electron chi connectivity index (χ1n) is 8.68. The summed E-state index contributed by atoms with van der Waals surface area (Å²) in [6, 6.07) is 2.81. The average molecular weight is 354 g/mol. The lowest BCUT2D eigenvalue weighted by atomic mass is 10.1. The van der Waals surface area contributed by atoms with E-state index >= 15 is 0 Å². The molecule has 25 heavy (non-hydrogen) atoms. The molecule has 2 saturated heterocycles. The number of rotatable bonds is 3. The van der Waals surface area contributed by atoms with Gasteiger partial charge in [0.15, 0.2) is 5.65 Å². The second-order valence-electron chi connectivity index (χ2n) is 7.00. The van der Waals surface area contributed by atoms with Gasteiger partial charge in [0, 0.05) is 24.9 Å². The van der Waals surface area contributed by atoms with Crippen LogP contribution in [0.3, 0.4) is 0 Å². The molecule has 8 heteroatoms. The normalized spacial score (nSPS) is 25.3. The highest BCUT2D eigenvalue weighted by atomic mass is 19.4. The molecule has 2 aromatic rings. The smallest absolute Gasteiger partial charge is 0.381 e. The number of nitrogens with zero attached hydrogens (tertiary/aromatic N) is 4. The van der Waals surface area contributed by atoms with E-state index in [4.69, 9.17) is 4.74 Å². The maximum absolute atomic E-state index is 13.3. The Morgan fingerprint density at radius 2 is 2.12 bits per heavy atom. The van der Waals surface area contributed by atoms with Crippen LogP contribution >= 0.6 is 0 Å². The maximum Gasteiger partial charge on any atom is 0.433 e. The molecule has 0 spiro atoms. The van der Waals surface area contributed by atoms with Crippen molar-refractivity contribution in [3.8, 4) is 0 Å². The molecular weight excluding hydrogens is 333 g/mol. The summed E-state index contributed by atoms with van der Waals surface area (Å²) in [5.41, 5.74) is 0.519. The zero-order valence-corrected chi connectivity index (χ0v) is 14.1. The highest BCUT2D eigenvalue weighted by Crippen LogP contribution is 2.35. The van der Waals surface area contributed by atoms with Crippen LogP contribution in [-0.4, -0.2) is 45.8 Å². The topological polar surface area (TPSA) is 42.7 Å². The number of ether oxygens (including phenoxy) is 1. The summed E-state index contributed by atoms with van der Waals surface area (Å²) in [7, 11) is 0. The first kappa shape index (κ1) is 16.8. The molecule has 2 aliphatic heterocycles. The van der Waals surface area contributed by atoms with E-state index in [1.54, 1.807) is 13.0 Å². The molecule has 0 aromatic carbocycles. The molecule has 4 rings (SSSR count). The Morgan fingerprint density at radius 3 is 2.84 bits per heavy atom. The minimum absolute atomic E-state index is 0.0590. The fourth-order valence-electron chi connectivity index (χ4n) is 3.92. The van der Waals surface area contributed by atoms with Crippen LogP contribution in [0, 0.1) is 12.8 Å². The van der Waals surface area contributed by atoms with Crippen molar-refractivity contribution in [2.75, 3.05) is 26.3 Å². The lowest BCUT2D eigenvalue weighted by molar-refractivity contribution is -0.142. The molecule has 2 fully saturated rings. The van der Waals surface area contributed by atoms with Crippen molar-refractivity contribution in [1.82, 2.24) is 19.5 Å². The van der Waals surface area contributed by atoms with Crippen LogP contribution in [0.4, 0.5) is 13.2 Å². The minimum atomic E-state index is -4.45. The van der Waals surface area contributed by atoms with Crippen molar-refractivity contribution < 1.29 is 17.9 Å². The molecule has 2 aromatic heterocycles. The van der Waals surface area contributed by atoms with Gasteiger partial charge >= 0.3 is 6.18 Å². The molecule has 136 valence electrons. The van der Waals surface area contributed by atoms with Gasteiger partial charge in [0.25, 0.3) is 0 Å². The molecular formula is C17H21F3N4O. The van der Waals surface area contributed by atoms with E-state index in [1.165, 1.54) is 0 Å². The van der Waals surface area contributed by atoms with Crippen molar-refractivity contribution in [3.63, 3.8) is 0 Å². The number of hydrogen-bond acceptors (Lipinski definition) is 4. The van der Waals surface area contributed by atoms with Crippen LogP contribution in [0.15, 0.2) is 12.1 Å². The van der Waals surface area contributed by atoms with E-state index < -0.39 is 11.9 Å². The lowest BCUT2D eigenvalue weighted by Crippen LogP contribution is -2.29. The predicted octanol–water partition coefficient (Wildman–Crippen LogP) is 3.23. The first-order valence-corrected chi connectivity index (χ1v) is 8.68. The van der Waals surface area contributed by atoms with E-state index in [0.717, 1.165) is 56.1 Å². The van der Waals surface area contributed by atoms with Gasteiger partial charge in [0.2, 0.25) is 0 Å². The average Bonchev–Trinajstić information content (AvgIpc) is 3.25. The van der Waals surface area contributed by atoms with E-state index in [1.807, 2.05) is 0 Å². The molecule has 0 unspecified atom stereocenters. The van der Waals surface area contributed by atoms with E-state index in [-0.39, 0.29) is 11.7 Å². The van der Waals surface area contributed by atoms with Crippen LogP contribution in [0.25, 0.3) is 5.65 Å². The Morgan fingerprint density at radius 1 is 1.28 bits per heavy atom. The summed E-state index contributed by atoms with van der Waals surface area (Å²) < 4.78 is 46.3. The molecule has 2 atom stereocenters. The van der Waals surface area contributed by atoms with Crippen LogP contribution in [0.5, 0.6) is 0 Å². The second kappa shape index (κ2) is 6.25. The third kappa shape index (κ3) is 3.25. The van der Waals surface area contributed by atoms with E-state index in [0.29, 0.717) is 17.3 Å². The molecule has 5 nitrogen and oxygen atoms in total. The maximum atomic E-state index is 13.3. The van der Waals surface area contributed by atoms with Gasteiger partial charge in [-0.15, -0.1) is 0 Å². The zero-order valence-electron chi connectivity index (χ0n) is 14.1. The lowest BCUT2D eigenvalue weighted by Gasteiger charge is -2.25. The molecule has 0 bridgehead atoms. The second-order valence-corrected chi connectivity index (χ2v) is 7.00. The monoisotopic (exact) mass is 354 g/mol. The Hall–Kier alpha value is -1.67. The Kier molecular flexibility index (Phi) is 4.19. The molecule has 0 N–H and O–H groups in total. The standard InChI is InChI=1S/C17H21F3N4O/c1-11-7-15(17(18,19)20)24-16(21-11)8-13(22-24)14-3-2-5-23(14)9-12-4-6-25-10-12/h7-8,12,14H,2-6,9-10H2,1H3/t12-,14-/m1/s1. The van der Waals surface area contributed by atoms with Gasteiger partial charge in [-0.25, -0.2) is 9.50 Å². The van der Waals surface area contributed by atoms with Crippen molar-refractivity contribution in [3.05, 3.63) is 29.2 Å². The third-order valence-electron chi connectivity index (χ3n) is 5.09. The van der Waals surface area contributed by atoms with Gasteiger partial charge in [-0.05, 0) is 44.7 Å². The summed E-state index contributed by atoms with van der Waals surface area (Å²) in [6.45, 7) is 5.01.